The number of hydrogen-bond donors (Lipinski definition) is 1. The number of anilines is 1. The van der Waals surface area contributed by atoms with Crippen molar-refractivity contribution >= 4 is 28.9 Å². The molecule has 5 heteroatoms. The van der Waals surface area contributed by atoms with Crippen LogP contribution in [0.4, 0.5) is 5.69 Å². The molecule has 0 spiro atoms. The van der Waals surface area contributed by atoms with Gasteiger partial charge in [0.05, 0.1) is 17.6 Å². The predicted octanol–water partition coefficient (Wildman–Crippen LogP) is 5.02. The van der Waals surface area contributed by atoms with Gasteiger partial charge in [0.1, 0.15) is 0 Å². The molecule has 2 aromatic carbocycles. The molecule has 0 atom stereocenters. The lowest BCUT2D eigenvalue weighted by molar-refractivity contribution is 0.0600. The largest absolute Gasteiger partial charge is 0.465 e. The summed E-state index contributed by atoms with van der Waals surface area (Å²) in [5, 5.41) is 2.88. The lowest BCUT2D eigenvalue weighted by atomic mass is 10.1. The molecule has 0 unspecified atom stereocenters. The van der Waals surface area contributed by atoms with Crippen molar-refractivity contribution in [1.82, 2.24) is 0 Å². The van der Waals surface area contributed by atoms with Gasteiger partial charge in [-0.3, -0.25) is 4.79 Å². The second-order valence-electron chi connectivity index (χ2n) is 5.71. The van der Waals surface area contributed by atoms with Crippen LogP contribution in [0.3, 0.4) is 0 Å². The van der Waals surface area contributed by atoms with Crippen molar-refractivity contribution in [2.45, 2.75) is 13.3 Å². The lowest BCUT2D eigenvalue weighted by Gasteiger charge is -2.04. The molecular formula is C21H19NO3S. The normalized spacial score (nSPS) is 10.4. The van der Waals surface area contributed by atoms with Gasteiger partial charge in [0.15, 0.2) is 0 Å². The molecule has 0 bridgehead atoms. The van der Waals surface area contributed by atoms with Crippen LogP contribution >= 0.6 is 11.3 Å². The molecule has 0 fully saturated rings. The van der Waals surface area contributed by atoms with E-state index in [1.165, 1.54) is 18.4 Å². The molecule has 0 aliphatic carbocycles. The van der Waals surface area contributed by atoms with Gasteiger partial charge in [0.25, 0.3) is 5.91 Å². The van der Waals surface area contributed by atoms with Crippen molar-refractivity contribution in [2.24, 2.45) is 0 Å². The van der Waals surface area contributed by atoms with Crippen LogP contribution in [0.5, 0.6) is 0 Å². The highest BCUT2D eigenvalue weighted by Crippen LogP contribution is 2.33. The Morgan fingerprint density at radius 3 is 2.35 bits per heavy atom. The summed E-state index contributed by atoms with van der Waals surface area (Å²) in [5.74, 6) is -0.557. The third-order valence-electron chi connectivity index (χ3n) is 4.01. The van der Waals surface area contributed by atoms with Crippen molar-refractivity contribution in [3.05, 3.63) is 76.7 Å². The smallest absolute Gasteiger partial charge is 0.337 e. The molecule has 1 heterocycles. The lowest BCUT2D eigenvalue weighted by Crippen LogP contribution is -2.10. The Hall–Kier alpha value is -2.92. The number of amides is 1. The van der Waals surface area contributed by atoms with Crippen molar-refractivity contribution < 1.29 is 14.3 Å². The first kappa shape index (κ1) is 17.9. The number of ether oxygens (including phenoxy) is 1. The first-order valence-electron chi connectivity index (χ1n) is 8.30. The number of methoxy groups -OCH3 is 1. The highest BCUT2D eigenvalue weighted by Gasteiger charge is 2.15. The minimum absolute atomic E-state index is 0.155. The summed E-state index contributed by atoms with van der Waals surface area (Å²) < 4.78 is 4.67. The van der Waals surface area contributed by atoms with Crippen LogP contribution in [-0.2, 0) is 11.2 Å². The van der Waals surface area contributed by atoms with Crippen LogP contribution in [0.15, 0.2) is 60.7 Å². The second-order valence-corrected chi connectivity index (χ2v) is 6.76. The van der Waals surface area contributed by atoms with Gasteiger partial charge >= 0.3 is 5.97 Å². The number of carbonyl (C=O) groups is 2. The predicted molar refractivity (Wildman–Crippen MR) is 105 cm³/mol. The number of benzene rings is 2. The molecule has 0 saturated carbocycles. The Labute approximate surface area is 156 Å². The summed E-state index contributed by atoms with van der Waals surface area (Å²) in [6.07, 6.45) is 0.863. The highest BCUT2D eigenvalue weighted by molar-refractivity contribution is 7.17. The number of hydrogen-bond acceptors (Lipinski definition) is 4. The molecule has 0 aliphatic heterocycles. The maximum absolute atomic E-state index is 12.6. The fraction of sp³-hybridized carbons (Fsp3) is 0.143. The SMILES string of the molecule is CCc1cc(C(=O)Nc2ccc(C(=O)OC)cc2)sc1-c1ccccc1. The molecule has 1 N–H and O–H groups in total. The summed E-state index contributed by atoms with van der Waals surface area (Å²) >= 11 is 1.49. The molecule has 0 radical (unpaired) electrons. The van der Waals surface area contributed by atoms with E-state index in [1.54, 1.807) is 24.3 Å². The first-order valence-corrected chi connectivity index (χ1v) is 9.12. The standard InChI is InChI=1S/C21H19NO3S/c1-3-14-13-18(26-19(14)15-7-5-4-6-8-15)20(23)22-17-11-9-16(10-12-17)21(24)25-2/h4-13H,3H2,1-2H3,(H,22,23). The fourth-order valence-electron chi connectivity index (χ4n) is 2.64. The van der Waals surface area contributed by atoms with Crippen LogP contribution in [-0.4, -0.2) is 19.0 Å². The maximum atomic E-state index is 12.6. The van der Waals surface area contributed by atoms with E-state index in [4.69, 9.17) is 0 Å². The third-order valence-corrected chi connectivity index (χ3v) is 5.24. The molecule has 0 saturated heterocycles. The van der Waals surface area contributed by atoms with Crippen LogP contribution in [0.2, 0.25) is 0 Å². The van der Waals surface area contributed by atoms with Gasteiger partial charge in [-0.1, -0.05) is 37.3 Å². The molecule has 26 heavy (non-hydrogen) atoms. The maximum Gasteiger partial charge on any atom is 0.337 e. The van der Waals surface area contributed by atoms with Crippen molar-refractivity contribution in [3.63, 3.8) is 0 Å². The van der Waals surface area contributed by atoms with Gasteiger partial charge in [-0.15, -0.1) is 11.3 Å². The van der Waals surface area contributed by atoms with E-state index >= 15 is 0 Å². The van der Waals surface area contributed by atoms with Crippen molar-refractivity contribution in [1.29, 1.82) is 0 Å². The summed E-state index contributed by atoms with van der Waals surface area (Å²) in [7, 11) is 1.34. The molecule has 4 nitrogen and oxygen atoms in total. The van der Waals surface area contributed by atoms with Gasteiger partial charge < -0.3 is 10.1 Å². The Bertz CT molecular complexity index is 914. The number of nitrogens with one attached hydrogen (secondary N) is 1. The molecule has 132 valence electrons. The Morgan fingerprint density at radius 1 is 1.04 bits per heavy atom. The van der Waals surface area contributed by atoms with E-state index in [0.29, 0.717) is 16.1 Å². The van der Waals surface area contributed by atoms with Crippen LogP contribution in [0.25, 0.3) is 10.4 Å². The van der Waals surface area contributed by atoms with E-state index in [2.05, 4.69) is 29.1 Å². The average molecular weight is 365 g/mol. The summed E-state index contributed by atoms with van der Waals surface area (Å²) in [4.78, 5) is 25.9. The minimum atomic E-state index is -0.402. The Balaban J connectivity index is 1.80. The molecule has 1 aromatic heterocycles. The van der Waals surface area contributed by atoms with Crippen molar-refractivity contribution in [2.75, 3.05) is 12.4 Å². The van der Waals surface area contributed by atoms with E-state index < -0.39 is 5.97 Å². The highest BCUT2D eigenvalue weighted by atomic mass is 32.1. The van der Waals surface area contributed by atoms with Crippen LogP contribution in [0.1, 0.15) is 32.5 Å². The second kappa shape index (κ2) is 7.97. The first-order chi connectivity index (χ1) is 12.6. The van der Waals surface area contributed by atoms with Gasteiger partial charge in [-0.25, -0.2) is 4.79 Å². The fourth-order valence-corrected chi connectivity index (χ4v) is 3.79. The number of esters is 1. The number of aryl methyl sites for hydroxylation is 1. The third kappa shape index (κ3) is 3.83. The minimum Gasteiger partial charge on any atom is -0.465 e. The Kier molecular flexibility index (Phi) is 5.49. The summed E-state index contributed by atoms with van der Waals surface area (Å²) in [6.45, 7) is 2.09. The van der Waals surface area contributed by atoms with Gasteiger partial charge in [-0.2, -0.15) is 0 Å². The van der Waals surface area contributed by atoms with Gasteiger partial charge in [-0.05, 0) is 47.9 Å². The van der Waals surface area contributed by atoms with Gasteiger partial charge in [0.2, 0.25) is 0 Å². The number of carbonyl (C=O) groups excluding carboxylic acids is 2. The van der Waals surface area contributed by atoms with Crippen LogP contribution in [0, 0.1) is 0 Å². The number of thiophene rings is 1. The van der Waals surface area contributed by atoms with E-state index in [9.17, 15) is 9.59 Å². The monoisotopic (exact) mass is 365 g/mol. The molecule has 1 amide bonds. The molecule has 3 rings (SSSR count). The summed E-state index contributed by atoms with van der Waals surface area (Å²) in [5.41, 5.74) is 3.36. The molecule has 0 aliphatic rings. The average Bonchev–Trinajstić information content (AvgIpc) is 3.13. The Morgan fingerprint density at radius 2 is 1.73 bits per heavy atom. The van der Waals surface area contributed by atoms with Gasteiger partial charge in [0, 0.05) is 10.6 Å². The molecule has 3 aromatic rings. The molecular weight excluding hydrogens is 346 g/mol. The van der Waals surface area contributed by atoms with Crippen LogP contribution < -0.4 is 5.32 Å². The zero-order valence-electron chi connectivity index (χ0n) is 14.6. The van der Waals surface area contributed by atoms with E-state index in [0.717, 1.165) is 22.4 Å². The summed E-state index contributed by atoms with van der Waals surface area (Å²) in [6, 6.07) is 18.7. The zero-order chi connectivity index (χ0) is 18.5. The quantitative estimate of drug-likeness (QED) is 0.646. The van der Waals surface area contributed by atoms with Crippen molar-refractivity contribution in [3.8, 4) is 10.4 Å². The van der Waals surface area contributed by atoms with E-state index in [1.807, 2.05) is 24.3 Å². The topological polar surface area (TPSA) is 55.4 Å². The zero-order valence-corrected chi connectivity index (χ0v) is 15.4. The number of rotatable bonds is 5. The van der Waals surface area contributed by atoms with E-state index in [-0.39, 0.29) is 5.91 Å².